The zero-order chi connectivity index (χ0) is 8.55. The summed E-state index contributed by atoms with van der Waals surface area (Å²) in [5, 5.41) is 3.07. The van der Waals surface area contributed by atoms with Crippen molar-refractivity contribution in [3.8, 4) is 0 Å². The number of carbonyl (C=O) groups is 1. The third kappa shape index (κ3) is 1.46. The van der Waals surface area contributed by atoms with Crippen molar-refractivity contribution in [3.63, 3.8) is 0 Å². The highest BCUT2D eigenvalue weighted by atomic mass is 16.5. The first kappa shape index (κ1) is 8.05. The summed E-state index contributed by atoms with van der Waals surface area (Å²) in [4.78, 5) is 11.3. The summed E-state index contributed by atoms with van der Waals surface area (Å²) in [6.07, 6.45) is 2.21. The summed E-state index contributed by atoms with van der Waals surface area (Å²) in [6, 6.07) is 0. The van der Waals surface area contributed by atoms with Crippen molar-refractivity contribution in [3.05, 3.63) is 0 Å². The first-order valence-corrected chi connectivity index (χ1v) is 4.67. The Morgan fingerprint density at radius 2 is 2.08 bits per heavy atom. The summed E-state index contributed by atoms with van der Waals surface area (Å²) in [7, 11) is 0. The van der Waals surface area contributed by atoms with Gasteiger partial charge in [-0.1, -0.05) is 6.92 Å². The lowest BCUT2D eigenvalue weighted by Crippen LogP contribution is -2.50. The molecule has 0 radical (unpaired) electrons. The van der Waals surface area contributed by atoms with Crippen LogP contribution in [0, 0.1) is 11.8 Å². The van der Waals surface area contributed by atoms with Gasteiger partial charge >= 0.3 is 5.97 Å². The average molecular weight is 169 g/mol. The van der Waals surface area contributed by atoms with Gasteiger partial charge in [0.2, 0.25) is 0 Å². The quantitative estimate of drug-likeness (QED) is 0.613. The normalized spacial score (nSPS) is 35.1. The van der Waals surface area contributed by atoms with Gasteiger partial charge in [-0.2, -0.15) is 0 Å². The van der Waals surface area contributed by atoms with E-state index in [1.807, 2.05) is 0 Å². The third-order valence-corrected chi connectivity index (χ3v) is 2.73. The van der Waals surface area contributed by atoms with Gasteiger partial charge in [0.25, 0.3) is 0 Å². The van der Waals surface area contributed by atoms with Crippen molar-refractivity contribution in [2.45, 2.75) is 25.9 Å². The van der Waals surface area contributed by atoms with Crippen LogP contribution in [0.2, 0.25) is 0 Å². The minimum Gasteiger partial charge on any atom is -0.459 e. The van der Waals surface area contributed by atoms with Crippen LogP contribution in [0.25, 0.3) is 0 Å². The lowest BCUT2D eigenvalue weighted by Gasteiger charge is -2.34. The Bertz CT molecular complexity index is 183. The number of nitrogens with one attached hydrogen (secondary N) is 1. The smallest absolute Gasteiger partial charge is 0.309 e. The number of carbonyl (C=O) groups excluding carboxylic acids is 1. The van der Waals surface area contributed by atoms with Gasteiger partial charge < -0.3 is 10.1 Å². The van der Waals surface area contributed by atoms with E-state index in [2.05, 4.69) is 12.2 Å². The molecule has 0 aromatic rings. The fourth-order valence-corrected chi connectivity index (χ4v) is 1.70. The molecular formula is C9H15NO2. The molecule has 1 N–H and O–H groups in total. The minimum atomic E-state index is 0.0274. The third-order valence-electron chi connectivity index (χ3n) is 2.73. The van der Waals surface area contributed by atoms with Gasteiger partial charge in [0.1, 0.15) is 6.10 Å². The fraction of sp³-hybridized carbons (Fsp3) is 0.889. The van der Waals surface area contributed by atoms with E-state index in [4.69, 9.17) is 4.74 Å². The molecule has 3 nitrogen and oxygen atoms in total. The number of esters is 1. The first-order chi connectivity index (χ1) is 5.75. The second-order valence-electron chi connectivity index (χ2n) is 3.99. The van der Waals surface area contributed by atoms with Crippen LogP contribution < -0.4 is 5.32 Å². The molecule has 1 aliphatic carbocycles. The second kappa shape index (κ2) is 3.05. The highest BCUT2D eigenvalue weighted by Crippen LogP contribution is 2.34. The van der Waals surface area contributed by atoms with Gasteiger partial charge in [0.15, 0.2) is 0 Å². The molecule has 0 unspecified atom stereocenters. The van der Waals surface area contributed by atoms with Crippen LogP contribution in [0.3, 0.4) is 0 Å². The number of hydrogen-bond acceptors (Lipinski definition) is 3. The van der Waals surface area contributed by atoms with Crippen molar-refractivity contribution >= 4 is 5.97 Å². The highest BCUT2D eigenvalue weighted by Gasteiger charge is 2.34. The van der Waals surface area contributed by atoms with Crippen molar-refractivity contribution in [2.75, 3.05) is 13.1 Å². The van der Waals surface area contributed by atoms with Gasteiger partial charge in [0, 0.05) is 13.1 Å². The highest BCUT2D eigenvalue weighted by molar-refractivity contribution is 5.73. The summed E-state index contributed by atoms with van der Waals surface area (Å²) in [5.74, 6) is 0.960. The van der Waals surface area contributed by atoms with Crippen LogP contribution in [0.15, 0.2) is 0 Å². The van der Waals surface area contributed by atoms with Gasteiger partial charge in [-0.15, -0.1) is 0 Å². The molecule has 0 atom stereocenters. The van der Waals surface area contributed by atoms with Crippen molar-refractivity contribution in [2.24, 2.45) is 11.8 Å². The van der Waals surface area contributed by atoms with Crippen LogP contribution in [-0.2, 0) is 9.53 Å². The van der Waals surface area contributed by atoms with Gasteiger partial charge in [-0.25, -0.2) is 0 Å². The zero-order valence-corrected chi connectivity index (χ0v) is 7.38. The molecule has 12 heavy (non-hydrogen) atoms. The molecule has 1 saturated carbocycles. The van der Waals surface area contributed by atoms with Crippen LogP contribution in [-0.4, -0.2) is 25.2 Å². The minimum absolute atomic E-state index is 0.0274. The molecule has 68 valence electrons. The summed E-state index contributed by atoms with van der Waals surface area (Å²) < 4.78 is 5.24. The maximum atomic E-state index is 11.3. The summed E-state index contributed by atoms with van der Waals surface area (Å²) in [5.41, 5.74) is 0. The molecule has 1 saturated heterocycles. The fourth-order valence-electron chi connectivity index (χ4n) is 1.70. The number of hydrogen-bond donors (Lipinski definition) is 1. The summed E-state index contributed by atoms with van der Waals surface area (Å²) in [6.45, 7) is 3.86. The molecule has 0 bridgehead atoms. The predicted octanol–water partition coefficient (Wildman–Crippen LogP) is 0.547. The van der Waals surface area contributed by atoms with Gasteiger partial charge in [-0.3, -0.25) is 4.79 Å². The number of ether oxygens (including phenoxy) is 1. The van der Waals surface area contributed by atoms with Crippen LogP contribution >= 0.6 is 0 Å². The molecular weight excluding hydrogens is 154 g/mol. The maximum Gasteiger partial charge on any atom is 0.309 e. The largest absolute Gasteiger partial charge is 0.459 e. The second-order valence-corrected chi connectivity index (χ2v) is 3.99. The molecule has 2 fully saturated rings. The SMILES string of the molecule is CC1CC(C(=O)OC2CNC2)C1. The van der Waals surface area contributed by atoms with Crippen LogP contribution in [0.4, 0.5) is 0 Å². The lowest BCUT2D eigenvalue weighted by molar-refractivity contribution is -0.160. The molecule has 0 amide bonds. The molecule has 0 aromatic heterocycles. The molecule has 0 aromatic carbocycles. The van der Waals surface area contributed by atoms with Crippen molar-refractivity contribution in [1.82, 2.24) is 5.32 Å². The Balaban J connectivity index is 1.70. The van der Waals surface area contributed by atoms with Crippen molar-refractivity contribution in [1.29, 1.82) is 0 Å². The van der Waals surface area contributed by atoms with E-state index in [0.717, 1.165) is 31.8 Å². The predicted molar refractivity (Wildman–Crippen MR) is 44.6 cm³/mol. The number of rotatable bonds is 2. The van der Waals surface area contributed by atoms with E-state index in [9.17, 15) is 4.79 Å². The van der Waals surface area contributed by atoms with E-state index < -0.39 is 0 Å². The molecule has 1 heterocycles. The van der Waals surface area contributed by atoms with E-state index in [-0.39, 0.29) is 18.0 Å². The van der Waals surface area contributed by atoms with E-state index in [1.165, 1.54) is 0 Å². The molecule has 1 aliphatic heterocycles. The van der Waals surface area contributed by atoms with Crippen molar-refractivity contribution < 1.29 is 9.53 Å². The Morgan fingerprint density at radius 3 is 2.50 bits per heavy atom. The standard InChI is InChI=1S/C9H15NO2/c1-6-2-7(3-6)9(11)12-8-4-10-5-8/h6-8,10H,2-5H2,1H3. The molecule has 2 rings (SSSR count). The zero-order valence-electron chi connectivity index (χ0n) is 7.38. The molecule has 0 spiro atoms. The Kier molecular flexibility index (Phi) is 2.05. The van der Waals surface area contributed by atoms with E-state index in [1.54, 1.807) is 0 Å². The van der Waals surface area contributed by atoms with Gasteiger partial charge in [0.05, 0.1) is 5.92 Å². The summed E-state index contributed by atoms with van der Waals surface area (Å²) >= 11 is 0. The van der Waals surface area contributed by atoms with E-state index >= 15 is 0 Å². The maximum absolute atomic E-state index is 11.3. The first-order valence-electron chi connectivity index (χ1n) is 4.67. The molecule has 2 aliphatic rings. The molecule has 3 heteroatoms. The van der Waals surface area contributed by atoms with Gasteiger partial charge in [-0.05, 0) is 18.8 Å². The van der Waals surface area contributed by atoms with E-state index in [0.29, 0.717) is 0 Å². The van der Waals surface area contributed by atoms with Crippen LogP contribution in [0.5, 0.6) is 0 Å². The topological polar surface area (TPSA) is 38.3 Å². The average Bonchev–Trinajstić information content (AvgIpc) is 1.90. The Labute approximate surface area is 72.5 Å². The Hall–Kier alpha value is -0.570. The Morgan fingerprint density at radius 1 is 1.42 bits per heavy atom. The monoisotopic (exact) mass is 169 g/mol. The lowest BCUT2D eigenvalue weighted by atomic mass is 9.76. The van der Waals surface area contributed by atoms with Crippen LogP contribution in [0.1, 0.15) is 19.8 Å².